The number of carbonyl (C=O) groups excluding carboxylic acids is 2. The Morgan fingerprint density at radius 1 is 1.32 bits per heavy atom. The van der Waals surface area contributed by atoms with Gasteiger partial charge in [-0.05, 0) is 56.1 Å². The van der Waals surface area contributed by atoms with Crippen LogP contribution in [0.15, 0.2) is 40.2 Å². The minimum Gasteiger partial charge on any atom is -0.350 e. The Hall–Kier alpha value is -1.70. The predicted molar refractivity (Wildman–Crippen MR) is 106 cm³/mol. The van der Waals surface area contributed by atoms with Crippen molar-refractivity contribution in [2.45, 2.75) is 26.4 Å². The third-order valence-electron chi connectivity index (χ3n) is 3.91. The summed E-state index contributed by atoms with van der Waals surface area (Å²) in [6, 6.07) is 9.22. The van der Waals surface area contributed by atoms with E-state index < -0.39 is 6.04 Å². The van der Waals surface area contributed by atoms with Gasteiger partial charge >= 0.3 is 0 Å². The molecular weight excluding hydrogens is 402 g/mol. The number of amides is 2. The molecule has 1 heterocycles. The Morgan fingerprint density at radius 2 is 2.08 bits per heavy atom. The molecule has 5 nitrogen and oxygen atoms in total. The van der Waals surface area contributed by atoms with Crippen molar-refractivity contribution in [3.05, 3.63) is 50.6 Å². The number of halogens is 1. The van der Waals surface area contributed by atoms with Crippen LogP contribution in [0.5, 0.6) is 0 Å². The second-order valence-corrected chi connectivity index (χ2v) is 7.84. The summed E-state index contributed by atoms with van der Waals surface area (Å²) in [6.45, 7) is 4.38. The minimum atomic E-state index is -0.392. The molecule has 2 N–H and O–H groups in total. The molecule has 0 aliphatic rings. The summed E-state index contributed by atoms with van der Waals surface area (Å²) in [5.41, 5.74) is 1.75. The maximum atomic E-state index is 12.2. The molecule has 0 radical (unpaired) electrons. The van der Waals surface area contributed by atoms with Gasteiger partial charge in [-0.2, -0.15) is 0 Å². The van der Waals surface area contributed by atoms with Gasteiger partial charge in [0.25, 0.3) is 0 Å². The average molecular weight is 424 g/mol. The third kappa shape index (κ3) is 5.95. The van der Waals surface area contributed by atoms with Crippen LogP contribution in [0.1, 0.15) is 17.4 Å². The molecule has 7 heteroatoms. The van der Waals surface area contributed by atoms with Gasteiger partial charge in [-0.1, -0.05) is 22.0 Å². The molecule has 0 saturated heterocycles. The van der Waals surface area contributed by atoms with Crippen LogP contribution in [-0.4, -0.2) is 36.3 Å². The van der Waals surface area contributed by atoms with Crippen molar-refractivity contribution in [1.29, 1.82) is 0 Å². The smallest absolute Gasteiger partial charge is 0.238 e. The fraction of sp³-hybridized carbons (Fsp3) is 0.333. The lowest BCUT2D eigenvalue weighted by atomic mass is 10.2. The fourth-order valence-corrected chi connectivity index (χ4v) is 3.38. The van der Waals surface area contributed by atoms with Crippen molar-refractivity contribution < 1.29 is 9.59 Å². The number of likely N-dealkylation sites (N-methyl/N-ethyl adjacent to an activating group) is 1. The zero-order valence-corrected chi connectivity index (χ0v) is 16.9. The minimum absolute atomic E-state index is 0.0940. The molecule has 0 spiro atoms. The van der Waals surface area contributed by atoms with Gasteiger partial charge < -0.3 is 10.6 Å². The number of nitrogens with zero attached hydrogens (tertiary/aromatic N) is 1. The van der Waals surface area contributed by atoms with Crippen LogP contribution in [0.4, 0.5) is 5.69 Å². The number of thiophene rings is 1. The normalized spacial score (nSPS) is 12.0. The van der Waals surface area contributed by atoms with E-state index >= 15 is 0 Å². The van der Waals surface area contributed by atoms with Crippen LogP contribution in [0.3, 0.4) is 0 Å². The summed E-state index contributed by atoms with van der Waals surface area (Å²) in [5.74, 6) is -0.241. The molecule has 0 bridgehead atoms. The van der Waals surface area contributed by atoms with E-state index in [2.05, 4.69) is 26.6 Å². The monoisotopic (exact) mass is 423 g/mol. The highest BCUT2D eigenvalue weighted by Gasteiger charge is 2.20. The molecule has 0 fully saturated rings. The molecule has 2 rings (SSSR count). The van der Waals surface area contributed by atoms with Crippen LogP contribution in [-0.2, 0) is 16.1 Å². The lowest BCUT2D eigenvalue weighted by molar-refractivity contribution is -0.126. The SMILES string of the molecule is Cc1cc(Br)ccc1NC(=O)CN(C)[C@@H](C)C(=O)NCc1cccs1. The molecule has 1 aromatic carbocycles. The summed E-state index contributed by atoms with van der Waals surface area (Å²) in [7, 11) is 1.77. The van der Waals surface area contributed by atoms with Gasteiger partial charge in [-0.15, -0.1) is 11.3 Å². The fourth-order valence-electron chi connectivity index (χ4n) is 2.26. The van der Waals surface area contributed by atoms with E-state index in [9.17, 15) is 9.59 Å². The standard InChI is InChI=1S/C18H22BrN3O2S/c1-12-9-14(19)6-7-16(12)21-17(23)11-22(3)13(2)18(24)20-10-15-5-4-8-25-15/h4-9,13H,10-11H2,1-3H3,(H,20,24)(H,21,23)/t13-/m0/s1. The Morgan fingerprint density at radius 3 is 2.72 bits per heavy atom. The molecule has 0 aliphatic carbocycles. The van der Waals surface area contributed by atoms with Crippen molar-refractivity contribution in [2.75, 3.05) is 18.9 Å². The van der Waals surface area contributed by atoms with Crippen LogP contribution in [0.25, 0.3) is 0 Å². The van der Waals surface area contributed by atoms with Crippen LogP contribution in [0.2, 0.25) is 0 Å². The van der Waals surface area contributed by atoms with E-state index in [0.29, 0.717) is 6.54 Å². The van der Waals surface area contributed by atoms with Gasteiger partial charge in [-0.25, -0.2) is 0 Å². The molecule has 0 saturated carbocycles. The second-order valence-electron chi connectivity index (χ2n) is 5.90. The number of anilines is 1. The van der Waals surface area contributed by atoms with Gasteiger partial charge in [0, 0.05) is 15.0 Å². The molecule has 2 aromatic rings. The number of rotatable bonds is 7. The molecule has 0 unspecified atom stereocenters. The van der Waals surface area contributed by atoms with Crippen molar-refractivity contribution in [3.63, 3.8) is 0 Å². The Kier molecular flexibility index (Phi) is 7.16. The summed E-state index contributed by atoms with van der Waals surface area (Å²) in [5, 5.41) is 7.76. The summed E-state index contributed by atoms with van der Waals surface area (Å²) < 4.78 is 0.969. The number of carbonyl (C=O) groups is 2. The number of hydrogen-bond acceptors (Lipinski definition) is 4. The molecular formula is C18H22BrN3O2S. The maximum absolute atomic E-state index is 12.2. The van der Waals surface area contributed by atoms with E-state index in [1.165, 1.54) is 0 Å². The van der Waals surface area contributed by atoms with Gasteiger partial charge in [0.2, 0.25) is 11.8 Å². The second kappa shape index (κ2) is 9.12. The Balaban J connectivity index is 1.83. The van der Waals surface area contributed by atoms with E-state index in [-0.39, 0.29) is 18.4 Å². The number of nitrogens with one attached hydrogen (secondary N) is 2. The van der Waals surface area contributed by atoms with E-state index in [4.69, 9.17) is 0 Å². The third-order valence-corrected chi connectivity index (χ3v) is 5.28. The van der Waals surface area contributed by atoms with E-state index in [1.54, 1.807) is 30.2 Å². The summed E-state index contributed by atoms with van der Waals surface area (Å²) in [4.78, 5) is 27.3. The molecule has 1 aromatic heterocycles. The number of aryl methyl sites for hydroxylation is 1. The van der Waals surface area contributed by atoms with Crippen molar-refractivity contribution in [1.82, 2.24) is 10.2 Å². The molecule has 134 valence electrons. The molecule has 0 aliphatic heterocycles. The topological polar surface area (TPSA) is 61.4 Å². The van der Waals surface area contributed by atoms with Crippen molar-refractivity contribution >= 4 is 44.8 Å². The maximum Gasteiger partial charge on any atom is 0.238 e. The highest BCUT2D eigenvalue weighted by atomic mass is 79.9. The quantitative estimate of drug-likeness (QED) is 0.717. The zero-order chi connectivity index (χ0) is 18.4. The predicted octanol–water partition coefficient (Wildman–Crippen LogP) is 3.39. The largest absolute Gasteiger partial charge is 0.350 e. The molecule has 1 atom stereocenters. The first-order chi connectivity index (χ1) is 11.9. The Labute approximate surface area is 160 Å². The summed E-state index contributed by atoms with van der Waals surface area (Å²) >= 11 is 5.01. The average Bonchev–Trinajstić information content (AvgIpc) is 3.08. The van der Waals surface area contributed by atoms with Crippen LogP contribution in [0, 0.1) is 6.92 Å². The Bertz CT molecular complexity index is 734. The van der Waals surface area contributed by atoms with Crippen LogP contribution >= 0.6 is 27.3 Å². The first kappa shape index (κ1) is 19.6. The first-order valence-corrected chi connectivity index (χ1v) is 9.60. The van der Waals surface area contributed by atoms with E-state index in [1.807, 2.05) is 42.6 Å². The zero-order valence-electron chi connectivity index (χ0n) is 14.5. The summed E-state index contributed by atoms with van der Waals surface area (Å²) in [6.07, 6.45) is 0. The number of benzene rings is 1. The molecule has 2 amide bonds. The van der Waals surface area contributed by atoms with Gasteiger partial charge in [0.1, 0.15) is 0 Å². The van der Waals surface area contributed by atoms with Gasteiger partial charge in [-0.3, -0.25) is 14.5 Å². The number of hydrogen-bond donors (Lipinski definition) is 2. The van der Waals surface area contributed by atoms with Crippen molar-refractivity contribution in [3.8, 4) is 0 Å². The van der Waals surface area contributed by atoms with Gasteiger partial charge in [0.15, 0.2) is 0 Å². The molecule has 25 heavy (non-hydrogen) atoms. The highest BCUT2D eigenvalue weighted by Crippen LogP contribution is 2.20. The first-order valence-electron chi connectivity index (χ1n) is 7.93. The van der Waals surface area contributed by atoms with Crippen LogP contribution < -0.4 is 10.6 Å². The van der Waals surface area contributed by atoms with Gasteiger partial charge in [0.05, 0.1) is 19.1 Å². The lowest BCUT2D eigenvalue weighted by Gasteiger charge is -2.23. The highest BCUT2D eigenvalue weighted by molar-refractivity contribution is 9.10. The lowest BCUT2D eigenvalue weighted by Crippen LogP contribution is -2.45. The van der Waals surface area contributed by atoms with E-state index in [0.717, 1.165) is 20.6 Å². The van der Waals surface area contributed by atoms with Crippen molar-refractivity contribution in [2.24, 2.45) is 0 Å².